The highest BCUT2D eigenvalue weighted by molar-refractivity contribution is 5.94. The molecule has 6 atom stereocenters. The number of ketones is 3. The molecule has 32 heavy (non-hydrogen) atoms. The van der Waals surface area contributed by atoms with E-state index in [2.05, 4.69) is 6.92 Å². The Morgan fingerprint density at radius 1 is 1.12 bits per heavy atom. The average Bonchev–Trinajstić information content (AvgIpc) is 2.99. The SMILES string of the molecule is CCCC(=O)O.C[C@]12CCC(=O)C=C1CC[C@@H]1[C@@H]2C(=O)C[C@@]2(C)[C@H]1CC[C@]2(O)C(=O)CO. The molecule has 0 bridgehead atoms. The van der Waals surface area contributed by atoms with Gasteiger partial charge in [-0.3, -0.25) is 19.2 Å². The van der Waals surface area contributed by atoms with Crippen molar-refractivity contribution < 1.29 is 34.5 Å². The number of carboxylic acids is 1. The monoisotopic (exact) mass is 448 g/mol. The molecule has 3 fully saturated rings. The van der Waals surface area contributed by atoms with Crippen molar-refractivity contribution in [3.05, 3.63) is 11.6 Å². The summed E-state index contributed by atoms with van der Waals surface area (Å²) in [6.07, 6.45) is 6.85. The van der Waals surface area contributed by atoms with Gasteiger partial charge >= 0.3 is 5.97 Å². The maximum Gasteiger partial charge on any atom is 0.303 e. The van der Waals surface area contributed by atoms with Gasteiger partial charge in [0.25, 0.3) is 0 Å². The second kappa shape index (κ2) is 8.82. The Kier molecular flexibility index (Phi) is 6.83. The quantitative estimate of drug-likeness (QED) is 0.603. The predicted octanol–water partition coefficient (Wildman–Crippen LogP) is 2.86. The lowest BCUT2D eigenvalue weighted by Crippen LogP contribution is -2.60. The summed E-state index contributed by atoms with van der Waals surface area (Å²) in [6.45, 7) is 5.15. The molecule has 4 rings (SSSR count). The van der Waals surface area contributed by atoms with E-state index in [1.165, 1.54) is 0 Å². The number of hydrogen-bond donors (Lipinski definition) is 3. The second-order valence-corrected chi connectivity index (χ2v) is 10.5. The third kappa shape index (κ3) is 3.77. The Morgan fingerprint density at radius 2 is 1.81 bits per heavy atom. The minimum Gasteiger partial charge on any atom is -0.481 e. The molecule has 4 aliphatic carbocycles. The zero-order valence-corrected chi connectivity index (χ0v) is 19.4. The molecule has 0 spiro atoms. The van der Waals surface area contributed by atoms with E-state index in [1.54, 1.807) is 6.08 Å². The number of carbonyl (C=O) groups is 4. The van der Waals surface area contributed by atoms with E-state index in [-0.39, 0.29) is 41.2 Å². The molecule has 0 saturated heterocycles. The number of Topliss-reactive ketones (excluding diaryl/α,β-unsaturated/α-hetero) is 2. The number of hydrogen-bond acceptors (Lipinski definition) is 6. The van der Waals surface area contributed by atoms with Gasteiger partial charge in [-0.25, -0.2) is 0 Å². The smallest absolute Gasteiger partial charge is 0.303 e. The third-order valence-electron chi connectivity index (χ3n) is 8.88. The largest absolute Gasteiger partial charge is 0.481 e. The molecule has 0 radical (unpaired) electrons. The molecule has 7 heteroatoms. The van der Waals surface area contributed by atoms with Crippen molar-refractivity contribution >= 4 is 23.3 Å². The fourth-order valence-electron chi connectivity index (χ4n) is 7.19. The number of allylic oxidation sites excluding steroid dienone is 1. The Morgan fingerprint density at radius 3 is 2.38 bits per heavy atom. The summed E-state index contributed by atoms with van der Waals surface area (Å²) in [5.41, 5.74) is -1.55. The van der Waals surface area contributed by atoms with Crippen molar-refractivity contribution in [3.63, 3.8) is 0 Å². The normalized spacial score (nSPS) is 40.3. The van der Waals surface area contributed by atoms with Crippen LogP contribution >= 0.6 is 0 Å². The van der Waals surface area contributed by atoms with Crippen LogP contribution in [0.4, 0.5) is 0 Å². The van der Waals surface area contributed by atoms with Crippen LogP contribution in [0.1, 0.15) is 78.6 Å². The highest BCUT2D eigenvalue weighted by Crippen LogP contribution is 2.66. The first-order valence-corrected chi connectivity index (χ1v) is 11.8. The lowest BCUT2D eigenvalue weighted by molar-refractivity contribution is -0.170. The van der Waals surface area contributed by atoms with Gasteiger partial charge in [0.1, 0.15) is 18.0 Å². The summed E-state index contributed by atoms with van der Waals surface area (Å²) in [6, 6.07) is 0. The number of aliphatic hydroxyl groups excluding tert-OH is 1. The summed E-state index contributed by atoms with van der Waals surface area (Å²) in [5.74, 6) is -0.883. The van der Waals surface area contributed by atoms with Gasteiger partial charge in [-0.15, -0.1) is 0 Å². The van der Waals surface area contributed by atoms with Gasteiger partial charge in [-0.1, -0.05) is 26.3 Å². The van der Waals surface area contributed by atoms with Crippen LogP contribution in [-0.4, -0.2) is 50.8 Å². The lowest BCUT2D eigenvalue weighted by Gasteiger charge is -2.57. The standard InChI is InChI=1S/C21H28O5.C4H8O2/c1-19-7-5-13(23)9-12(19)3-4-14-15-6-8-21(26,17(25)11-22)20(15,2)10-16(24)18(14)19;1-2-3-4(5)6/h9,14-15,18,22,26H,3-8,10-11H2,1-2H3;2-3H2,1H3,(H,5,6)/t14-,15-,18+,19-,20-,21-;/m0./s1. The van der Waals surface area contributed by atoms with Crippen molar-refractivity contribution in [3.8, 4) is 0 Å². The maximum atomic E-state index is 13.3. The van der Waals surface area contributed by atoms with Crippen LogP contribution in [0.15, 0.2) is 11.6 Å². The van der Waals surface area contributed by atoms with Crippen LogP contribution in [0.3, 0.4) is 0 Å². The topological polar surface area (TPSA) is 129 Å². The van der Waals surface area contributed by atoms with Crippen LogP contribution in [0.5, 0.6) is 0 Å². The summed E-state index contributed by atoms with van der Waals surface area (Å²) in [4.78, 5) is 47.1. The number of rotatable bonds is 4. The van der Waals surface area contributed by atoms with Crippen molar-refractivity contribution in [2.75, 3.05) is 6.61 Å². The number of carbonyl (C=O) groups excluding carboxylic acids is 3. The Hall–Kier alpha value is -1.86. The molecule has 0 aliphatic heterocycles. The molecule has 7 nitrogen and oxygen atoms in total. The van der Waals surface area contributed by atoms with Crippen LogP contribution in [-0.2, 0) is 19.2 Å². The molecule has 3 saturated carbocycles. The first kappa shape index (κ1) is 24.8. The number of aliphatic carboxylic acids is 1. The van der Waals surface area contributed by atoms with Gasteiger partial charge in [0.15, 0.2) is 11.6 Å². The lowest BCUT2D eigenvalue weighted by atomic mass is 9.46. The van der Waals surface area contributed by atoms with Gasteiger partial charge in [0.05, 0.1) is 0 Å². The zero-order valence-electron chi connectivity index (χ0n) is 19.4. The Bertz CT molecular complexity index is 845. The maximum absolute atomic E-state index is 13.3. The fourth-order valence-corrected chi connectivity index (χ4v) is 7.19. The summed E-state index contributed by atoms with van der Waals surface area (Å²) >= 11 is 0. The molecule has 0 unspecified atom stereocenters. The van der Waals surface area contributed by atoms with E-state index >= 15 is 0 Å². The predicted molar refractivity (Wildman–Crippen MR) is 117 cm³/mol. The molecular formula is C25H36O7. The molecule has 0 amide bonds. The van der Waals surface area contributed by atoms with Crippen LogP contribution in [0.25, 0.3) is 0 Å². The van der Waals surface area contributed by atoms with Crippen LogP contribution < -0.4 is 0 Å². The number of fused-ring (bicyclic) bond motifs is 5. The molecule has 178 valence electrons. The molecule has 0 heterocycles. The van der Waals surface area contributed by atoms with E-state index in [0.29, 0.717) is 32.1 Å². The van der Waals surface area contributed by atoms with Crippen LogP contribution in [0, 0.1) is 28.6 Å². The van der Waals surface area contributed by atoms with E-state index < -0.39 is 29.4 Å². The summed E-state index contributed by atoms with van der Waals surface area (Å²) in [7, 11) is 0. The zero-order chi connectivity index (χ0) is 23.9. The molecule has 3 N–H and O–H groups in total. The van der Waals surface area contributed by atoms with Gasteiger partial charge in [0, 0.05) is 30.6 Å². The average molecular weight is 449 g/mol. The van der Waals surface area contributed by atoms with Gasteiger partial charge < -0.3 is 15.3 Å². The molecule has 0 aromatic carbocycles. The van der Waals surface area contributed by atoms with Gasteiger partial charge in [-0.2, -0.15) is 0 Å². The number of carboxylic acid groups (broad SMARTS) is 1. The molecule has 0 aromatic heterocycles. The Balaban J connectivity index is 0.000000427. The van der Waals surface area contributed by atoms with Crippen molar-refractivity contribution in [2.45, 2.75) is 84.2 Å². The molecular weight excluding hydrogens is 412 g/mol. The highest BCUT2D eigenvalue weighted by atomic mass is 16.4. The summed E-state index contributed by atoms with van der Waals surface area (Å²) in [5, 5.41) is 28.4. The van der Waals surface area contributed by atoms with Crippen molar-refractivity contribution in [1.82, 2.24) is 0 Å². The van der Waals surface area contributed by atoms with Crippen LogP contribution in [0.2, 0.25) is 0 Å². The van der Waals surface area contributed by atoms with E-state index in [0.717, 1.165) is 24.8 Å². The minimum atomic E-state index is -1.60. The van der Waals surface area contributed by atoms with Crippen molar-refractivity contribution in [2.24, 2.45) is 28.6 Å². The molecule has 4 aliphatic rings. The second-order valence-electron chi connectivity index (χ2n) is 10.5. The third-order valence-corrected chi connectivity index (χ3v) is 8.88. The van der Waals surface area contributed by atoms with Gasteiger partial charge in [0.2, 0.25) is 0 Å². The first-order chi connectivity index (χ1) is 14.9. The highest BCUT2D eigenvalue weighted by Gasteiger charge is 2.68. The van der Waals surface area contributed by atoms with Crippen molar-refractivity contribution in [1.29, 1.82) is 0 Å². The first-order valence-electron chi connectivity index (χ1n) is 11.8. The van der Waals surface area contributed by atoms with E-state index in [1.807, 2.05) is 13.8 Å². The molecule has 0 aromatic rings. The number of aliphatic hydroxyl groups is 2. The van der Waals surface area contributed by atoms with Gasteiger partial charge in [-0.05, 0) is 61.9 Å². The van der Waals surface area contributed by atoms with E-state index in [4.69, 9.17) is 5.11 Å². The van der Waals surface area contributed by atoms with E-state index in [9.17, 15) is 29.4 Å². The Labute approximate surface area is 189 Å². The summed E-state index contributed by atoms with van der Waals surface area (Å²) < 4.78 is 0. The fraction of sp³-hybridized carbons (Fsp3) is 0.760. The minimum absolute atomic E-state index is 0.0988.